The molecule has 0 fully saturated rings. The number of benzene rings is 2. The van der Waals surface area contributed by atoms with Gasteiger partial charge in [-0.1, -0.05) is 29.8 Å². The van der Waals surface area contributed by atoms with Gasteiger partial charge >= 0.3 is 0 Å². The van der Waals surface area contributed by atoms with Crippen LogP contribution < -0.4 is 10.1 Å². The number of ether oxygens (including phenoxy) is 1. The van der Waals surface area contributed by atoms with Gasteiger partial charge in [-0.15, -0.1) is 0 Å². The van der Waals surface area contributed by atoms with Crippen molar-refractivity contribution in [2.45, 2.75) is 6.92 Å². The van der Waals surface area contributed by atoms with Gasteiger partial charge in [0.15, 0.2) is 5.75 Å². The number of hydrogen-bond donors (Lipinski definition) is 1. The van der Waals surface area contributed by atoms with E-state index in [0.717, 1.165) is 0 Å². The van der Waals surface area contributed by atoms with E-state index in [-0.39, 0.29) is 11.5 Å². The average molecular weight is 287 g/mol. The lowest BCUT2D eigenvalue weighted by Crippen LogP contribution is -2.06. The molecular weight excluding hydrogens is 276 g/mol. The second-order valence-corrected chi connectivity index (χ2v) is 4.41. The van der Waals surface area contributed by atoms with Crippen molar-refractivity contribution in [2.75, 3.05) is 5.32 Å². The Morgan fingerprint density at radius 3 is 2.60 bits per heavy atom. The van der Waals surface area contributed by atoms with E-state index < -0.39 is 0 Å². The molecule has 0 radical (unpaired) electrons. The molecule has 0 heterocycles. The number of carbonyl (C=O) groups excluding carboxylic acids is 1. The Morgan fingerprint density at radius 1 is 1.20 bits per heavy atom. The SMILES string of the molecule is CC(=O)Nc1ccccc1Oc1cccc(Cl)c1C#N. The van der Waals surface area contributed by atoms with Gasteiger partial charge in [-0.25, -0.2) is 0 Å². The fourth-order valence-electron chi connectivity index (χ4n) is 1.66. The van der Waals surface area contributed by atoms with E-state index in [9.17, 15) is 4.79 Å². The van der Waals surface area contributed by atoms with E-state index in [1.165, 1.54) is 6.92 Å². The van der Waals surface area contributed by atoms with E-state index in [4.69, 9.17) is 21.6 Å². The summed E-state index contributed by atoms with van der Waals surface area (Å²) in [5, 5.41) is 12.1. The zero-order valence-corrected chi connectivity index (χ0v) is 11.4. The van der Waals surface area contributed by atoms with Crippen LogP contribution in [0.3, 0.4) is 0 Å². The number of para-hydroxylation sites is 2. The number of anilines is 1. The van der Waals surface area contributed by atoms with Crippen molar-refractivity contribution in [3.05, 3.63) is 53.1 Å². The molecule has 5 heteroatoms. The summed E-state index contributed by atoms with van der Waals surface area (Å²) < 4.78 is 5.69. The second-order valence-electron chi connectivity index (χ2n) is 4.00. The predicted molar refractivity (Wildman–Crippen MR) is 77.0 cm³/mol. The quantitative estimate of drug-likeness (QED) is 0.929. The van der Waals surface area contributed by atoms with Crippen LogP contribution >= 0.6 is 11.6 Å². The van der Waals surface area contributed by atoms with Crippen molar-refractivity contribution in [2.24, 2.45) is 0 Å². The molecule has 2 rings (SSSR count). The standard InChI is InChI=1S/C15H11ClN2O2/c1-10(19)18-13-6-2-3-7-15(13)20-14-8-4-5-12(16)11(14)9-17/h2-8H,1H3,(H,18,19). The minimum atomic E-state index is -0.201. The van der Waals surface area contributed by atoms with Crippen LogP contribution in [0.5, 0.6) is 11.5 Å². The fraction of sp³-hybridized carbons (Fsp3) is 0.0667. The Hall–Kier alpha value is -2.51. The van der Waals surface area contributed by atoms with E-state index in [1.807, 2.05) is 6.07 Å². The highest BCUT2D eigenvalue weighted by Gasteiger charge is 2.11. The molecule has 0 atom stereocenters. The molecule has 0 spiro atoms. The Balaban J connectivity index is 2.38. The van der Waals surface area contributed by atoms with Gasteiger partial charge in [0.2, 0.25) is 5.91 Å². The summed E-state index contributed by atoms with van der Waals surface area (Å²) in [5.74, 6) is 0.590. The van der Waals surface area contributed by atoms with E-state index >= 15 is 0 Å². The lowest BCUT2D eigenvalue weighted by molar-refractivity contribution is -0.114. The first-order chi connectivity index (χ1) is 9.61. The lowest BCUT2D eigenvalue weighted by Gasteiger charge is -2.12. The zero-order chi connectivity index (χ0) is 14.5. The number of nitriles is 1. The molecule has 0 aliphatic heterocycles. The molecule has 1 N–H and O–H groups in total. The van der Waals surface area contributed by atoms with Gasteiger partial charge in [0.25, 0.3) is 0 Å². The Morgan fingerprint density at radius 2 is 1.90 bits per heavy atom. The summed E-state index contributed by atoms with van der Waals surface area (Å²) in [6.07, 6.45) is 0. The number of rotatable bonds is 3. The van der Waals surface area contributed by atoms with E-state index in [0.29, 0.717) is 22.2 Å². The van der Waals surface area contributed by atoms with E-state index in [1.54, 1.807) is 42.5 Å². The van der Waals surface area contributed by atoms with Crippen LogP contribution in [0, 0.1) is 11.3 Å². The van der Waals surface area contributed by atoms with Crippen LogP contribution in [0.2, 0.25) is 5.02 Å². The molecule has 0 aliphatic carbocycles. The van der Waals surface area contributed by atoms with Gasteiger partial charge in [0, 0.05) is 6.92 Å². The molecular formula is C15H11ClN2O2. The van der Waals surface area contributed by atoms with Crippen molar-refractivity contribution >= 4 is 23.2 Å². The highest BCUT2D eigenvalue weighted by atomic mass is 35.5. The Kier molecular flexibility index (Phi) is 4.24. The molecule has 4 nitrogen and oxygen atoms in total. The van der Waals surface area contributed by atoms with Crippen molar-refractivity contribution < 1.29 is 9.53 Å². The normalized spacial score (nSPS) is 9.65. The minimum absolute atomic E-state index is 0.201. The number of nitrogens with zero attached hydrogens (tertiary/aromatic N) is 1. The molecule has 20 heavy (non-hydrogen) atoms. The minimum Gasteiger partial charge on any atom is -0.454 e. The van der Waals surface area contributed by atoms with Crippen LogP contribution in [0.4, 0.5) is 5.69 Å². The summed E-state index contributed by atoms with van der Waals surface area (Å²) >= 11 is 5.95. The molecule has 1 amide bonds. The summed E-state index contributed by atoms with van der Waals surface area (Å²) in [6, 6.07) is 13.9. The van der Waals surface area contributed by atoms with Gasteiger partial charge in [-0.05, 0) is 24.3 Å². The smallest absolute Gasteiger partial charge is 0.221 e. The highest BCUT2D eigenvalue weighted by Crippen LogP contribution is 2.33. The number of hydrogen-bond acceptors (Lipinski definition) is 3. The number of halogens is 1. The largest absolute Gasteiger partial charge is 0.454 e. The number of carbonyl (C=O) groups is 1. The molecule has 100 valence electrons. The molecule has 0 saturated carbocycles. The van der Waals surface area contributed by atoms with E-state index in [2.05, 4.69) is 5.32 Å². The zero-order valence-electron chi connectivity index (χ0n) is 10.7. The average Bonchev–Trinajstić information content (AvgIpc) is 2.41. The monoisotopic (exact) mass is 286 g/mol. The van der Waals surface area contributed by atoms with Gasteiger partial charge in [-0.2, -0.15) is 5.26 Å². The molecule has 0 saturated heterocycles. The lowest BCUT2D eigenvalue weighted by atomic mass is 10.2. The maximum atomic E-state index is 11.2. The molecule has 2 aromatic carbocycles. The van der Waals surface area contributed by atoms with Gasteiger partial charge in [0.1, 0.15) is 17.4 Å². The summed E-state index contributed by atoms with van der Waals surface area (Å²) in [4.78, 5) is 11.2. The van der Waals surface area contributed by atoms with Crippen LogP contribution in [0.1, 0.15) is 12.5 Å². The first-order valence-corrected chi connectivity index (χ1v) is 6.22. The highest BCUT2D eigenvalue weighted by molar-refractivity contribution is 6.31. The van der Waals surface area contributed by atoms with Gasteiger partial charge in [-0.3, -0.25) is 4.79 Å². The summed E-state index contributed by atoms with van der Waals surface area (Å²) in [7, 11) is 0. The number of nitrogens with one attached hydrogen (secondary N) is 1. The van der Waals surface area contributed by atoms with Crippen molar-refractivity contribution in [1.82, 2.24) is 0 Å². The summed E-state index contributed by atoms with van der Waals surface area (Å²) in [5.41, 5.74) is 0.788. The van der Waals surface area contributed by atoms with Gasteiger partial charge < -0.3 is 10.1 Å². The molecule has 2 aromatic rings. The van der Waals surface area contributed by atoms with Crippen molar-refractivity contribution in [1.29, 1.82) is 5.26 Å². The Labute approximate surface area is 121 Å². The maximum absolute atomic E-state index is 11.2. The molecule has 0 unspecified atom stereocenters. The first kappa shape index (κ1) is 13.9. The van der Waals surface area contributed by atoms with Crippen LogP contribution in [0.25, 0.3) is 0 Å². The topological polar surface area (TPSA) is 62.1 Å². The molecule has 0 aromatic heterocycles. The maximum Gasteiger partial charge on any atom is 0.221 e. The second kappa shape index (κ2) is 6.09. The third-order valence-electron chi connectivity index (χ3n) is 2.50. The first-order valence-electron chi connectivity index (χ1n) is 5.85. The van der Waals surface area contributed by atoms with Crippen molar-refractivity contribution in [3.8, 4) is 17.6 Å². The Bertz CT molecular complexity index is 693. The predicted octanol–water partition coefficient (Wildman–Crippen LogP) is 3.96. The molecule has 0 bridgehead atoms. The van der Waals surface area contributed by atoms with Crippen LogP contribution in [0.15, 0.2) is 42.5 Å². The molecule has 0 aliphatic rings. The third kappa shape index (κ3) is 3.08. The van der Waals surface area contributed by atoms with Crippen molar-refractivity contribution in [3.63, 3.8) is 0 Å². The third-order valence-corrected chi connectivity index (χ3v) is 2.82. The van der Waals surface area contributed by atoms with Crippen LogP contribution in [-0.4, -0.2) is 5.91 Å². The number of amides is 1. The van der Waals surface area contributed by atoms with Crippen LogP contribution in [-0.2, 0) is 4.79 Å². The van der Waals surface area contributed by atoms with Gasteiger partial charge in [0.05, 0.1) is 10.7 Å². The fourth-order valence-corrected chi connectivity index (χ4v) is 1.87. The summed E-state index contributed by atoms with van der Waals surface area (Å²) in [6.45, 7) is 1.41.